The molecule has 2 rings (SSSR count). The summed E-state index contributed by atoms with van der Waals surface area (Å²) in [5, 5.41) is 2.44. The van der Waals surface area contributed by atoms with E-state index in [9.17, 15) is 17.6 Å². The first-order valence-electron chi connectivity index (χ1n) is 6.98. The summed E-state index contributed by atoms with van der Waals surface area (Å²) in [6.45, 7) is 3.43. The van der Waals surface area contributed by atoms with Gasteiger partial charge < -0.3 is 5.32 Å². The van der Waals surface area contributed by atoms with Crippen molar-refractivity contribution in [3.05, 3.63) is 59.9 Å². The maximum Gasteiger partial charge on any atom is 0.255 e. The summed E-state index contributed by atoms with van der Waals surface area (Å²) in [7, 11) is -3.61. The van der Waals surface area contributed by atoms with E-state index in [1.807, 2.05) is 0 Å². The Bertz CT molecular complexity index is 802. The molecule has 0 fully saturated rings. The lowest BCUT2D eigenvalue weighted by atomic mass is 10.2. The highest BCUT2D eigenvalue weighted by Crippen LogP contribution is 2.15. The van der Waals surface area contributed by atoms with Gasteiger partial charge in [0.1, 0.15) is 5.82 Å². The summed E-state index contributed by atoms with van der Waals surface area (Å²) >= 11 is 0. The van der Waals surface area contributed by atoms with Crippen molar-refractivity contribution in [3.8, 4) is 0 Å². The molecule has 122 valence electrons. The molecule has 0 radical (unpaired) electrons. The molecular weight excluding hydrogens is 319 g/mol. The maximum absolute atomic E-state index is 13.5. The van der Waals surface area contributed by atoms with Gasteiger partial charge in [-0.3, -0.25) is 4.79 Å². The fraction of sp³-hybridized carbons (Fsp3) is 0.188. The number of rotatable bonds is 5. The summed E-state index contributed by atoms with van der Waals surface area (Å²) in [4.78, 5) is 12.1. The van der Waals surface area contributed by atoms with Crippen LogP contribution in [0.4, 0.5) is 10.1 Å². The molecule has 0 saturated heterocycles. The normalized spacial score (nSPS) is 11.5. The second-order valence-electron chi connectivity index (χ2n) is 5.23. The zero-order valence-corrected chi connectivity index (χ0v) is 13.5. The maximum atomic E-state index is 13.5. The number of hydrogen-bond donors (Lipinski definition) is 2. The van der Waals surface area contributed by atoms with Crippen molar-refractivity contribution >= 4 is 21.6 Å². The topological polar surface area (TPSA) is 75.3 Å². The van der Waals surface area contributed by atoms with Gasteiger partial charge >= 0.3 is 0 Å². The van der Waals surface area contributed by atoms with Crippen LogP contribution in [0.1, 0.15) is 24.2 Å². The summed E-state index contributed by atoms with van der Waals surface area (Å²) in [6, 6.07) is 11.0. The number of anilines is 1. The molecule has 0 saturated carbocycles. The van der Waals surface area contributed by atoms with Crippen molar-refractivity contribution < 1.29 is 17.6 Å². The van der Waals surface area contributed by atoms with E-state index in [4.69, 9.17) is 0 Å². The Labute approximate surface area is 134 Å². The van der Waals surface area contributed by atoms with Crippen LogP contribution in [-0.2, 0) is 10.0 Å². The molecule has 0 aliphatic rings. The molecular formula is C16H17FN2O3S. The minimum atomic E-state index is -3.61. The van der Waals surface area contributed by atoms with E-state index in [2.05, 4.69) is 10.0 Å². The highest BCUT2D eigenvalue weighted by molar-refractivity contribution is 7.89. The van der Waals surface area contributed by atoms with Gasteiger partial charge in [0.2, 0.25) is 10.0 Å². The largest absolute Gasteiger partial charge is 0.319 e. The molecule has 0 spiro atoms. The number of carbonyl (C=O) groups excluding carboxylic acids is 1. The minimum Gasteiger partial charge on any atom is -0.319 e. The van der Waals surface area contributed by atoms with E-state index in [0.717, 1.165) is 0 Å². The van der Waals surface area contributed by atoms with E-state index in [0.29, 0.717) is 0 Å². The number of benzene rings is 2. The first kappa shape index (κ1) is 17.1. The first-order valence-corrected chi connectivity index (χ1v) is 8.46. The molecule has 2 N–H and O–H groups in total. The van der Waals surface area contributed by atoms with Gasteiger partial charge in [-0.1, -0.05) is 12.1 Å². The highest BCUT2D eigenvalue weighted by atomic mass is 32.2. The van der Waals surface area contributed by atoms with Gasteiger partial charge in [0, 0.05) is 11.6 Å². The molecule has 0 heterocycles. The monoisotopic (exact) mass is 336 g/mol. The third kappa shape index (κ3) is 4.37. The van der Waals surface area contributed by atoms with Crippen LogP contribution in [0, 0.1) is 5.82 Å². The second-order valence-corrected chi connectivity index (χ2v) is 6.95. The van der Waals surface area contributed by atoms with Crippen LogP contribution in [0.25, 0.3) is 0 Å². The van der Waals surface area contributed by atoms with E-state index < -0.39 is 21.7 Å². The van der Waals surface area contributed by atoms with E-state index in [-0.39, 0.29) is 22.2 Å². The molecule has 0 atom stereocenters. The average Bonchev–Trinajstić information content (AvgIpc) is 2.48. The third-order valence-corrected chi connectivity index (χ3v) is 4.61. The van der Waals surface area contributed by atoms with Gasteiger partial charge in [-0.2, -0.15) is 0 Å². The number of para-hydroxylation sites is 1. The summed E-state index contributed by atoms with van der Waals surface area (Å²) in [6.07, 6.45) is 0. The smallest absolute Gasteiger partial charge is 0.255 e. The zero-order valence-electron chi connectivity index (χ0n) is 12.7. The molecule has 0 aromatic heterocycles. The van der Waals surface area contributed by atoms with Crippen molar-refractivity contribution in [2.45, 2.75) is 24.8 Å². The van der Waals surface area contributed by atoms with Crippen LogP contribution in [-0.4, -0.2) is 20.4 Å². The van der Waals surface area contributed by atoms with Crippen LogP contribution in [0.15, 0.2) is 53.4 Å². The summed E-state index contributed by atoms with van der Waals surface area (Å²) in [5.74, 6) is -1.06. The Balaban J connectivity index is 2.16. The van der Waals surface area contributed by atoms with E-state index in [1.54, 1.807) is 19.9 Å². The van der Waals surface area contributed by atoms with Crippen molar-refractivity contribution in [1.82, 2.24) is 4.72 Å². The molecule has 0 unspecified atom stereocenters. The van der Waals surface area contributed by atoms with Gasteiger partial charge in [0.05, 0.1) is 10.6 Å². The van der Waals surface area contributed by atoms with Gasteiger partial charge in [-0.15, -0.1) is 0 Å². The fourth-order valence-corrected chi connectivity index (χ4v) is 3.17. The molecule has 2 aromatic carbocycles. The lowest BCUT2D eigenvalue weighted by Gasteiger charge is -2.10. The lowest BCUT2D eigenvalue weighted by molar-refractivity contribution is 0.102. The molecule has 5 nitrogen and oxygen atoms in total. The summed E-state index contributed by atoms with van der Waals surface area (Å²) < 4.78 is 40.0. The van der Waals surface area contributed by atoms with Crippen LogP contribution in [0.2, 0.25) is 0 Å². The quantitative estimate of drug-likeness (QED) is 0.881. The zero-order chi connectivity index (χ0) is 17.0. The van der Waals surface area contributed by atoms with E-state index in [1.165, 1.54) is 42.5 Å². The fourth-order valence-electron chi connectivity index (χ4n) is 1.92. The number of amides is 1. The number of carbonyl (C=O) groups is 1. The van der Waals surface area contributed by atoms with Crippen LogP contribution in [0.3, 0.4) is 0 Å². The SMILES string of the molecule is CC(C)NS(=O)(=O)c1ccc(C(=O)Nc2ccccc2F)cc1. The predicted octanol–water partition coefficient (Wildman–Crippen LogP) is 2.76. The average molecular weight is 336 g/mol. The van der Waals surface area contributed by atoms with Gasteiger partial charge in [0.15, 0.2) is 0 Å². The third-order valence-electron chi connectivity index (χ3n) is 2.94. The molecule has 0 bridgehead atoms. The number of sulfonamides is 1. The van der Waals surface area contributed by atoms with Crippen molar-refractivity contribution in [1.29, 1.82) is 0 Å². The van der Waals surface area contributed by atoms with Gasteiger partial charge in [-0.05, 0) is 50.2 Å². The Morgan fingerprint density at radius 1 is 1.04 bits per heavy atom. The van der Waals surface area contributed by atoms with Crippen molar-refractivity contribution in [3.63, 3.8) is 0 Å². The number of nitrogens with one attached hydrogen (secondary N) is 2. The second kappa shape index (κ2) is 6.89. The molecule has 0 aliphatic carbocycles. The van der Waals surface area contributed by atoms with Crippen LogP contribution in [0.5, 0.6) is 0 Å². The first-order chi connectivity index (χ1) is 10.8. The molecule has 7 heteroatoms. The number of hydrogen-bond acceptors (Lipinski definition) is 3. The Kier molecular flexibility index (Phi) is 5.12. The standard InChI is InChI=1S/C16H17FN2O3S/c1-11(2)19-23(21,22)13-9-7-12(8-10-13)16(20)18-15-6-4-3-5-14(15)17/h3-11,19H,1-2H3,(H,18,20). The Morgan fingerprint density at radius 2 is 1.65 bits per heavy atom. The van der Waals surface area contributed by atoms with E-state index >= 15 is 0 Å². The predicted molar refractivity (Wildman–Crippen MR) is 86.3 cm³/mol. The lowest BCUT2D eigenvalue weighted by Crippen LogP contribution is -2.30. The molecule has 1 amide bonds. The minimum absolute atomic E-state index is 0.0636. The molecule has 2 aromatic rings. The Morgan fingerprint density at radius 3 is 2.22 bits per heavy atom. The summed E-state index contributed by atoms with van der Waals surface area (Å²) in [5.41, 5.74) is 0.299. The van der Waals surface area contributed by atoms with Gasteiger partial charge in [0.25, 0.3) is 5.91 Å². The molecule has 23 heavy (non-hydrogen) atoms. The molecule has 0 aliphatic heterocycles. The number of halogens is 1. The highest BCUT2D eigenvalue weighted by Gasteiger charge is 2.16. The van der Waals surface area contributed by atoms with Crippen LogP contribution >= 0.6 is 0 Å². The van der Waals surface area contributed by atoms with Crippen LogP contribution < -0.4 is 10.0 Å². The van der Waals surface area contributed by atoms with Gasteiger partial charge in [-0.25, -0.2) is 17.5 Å². The van der Waals surface area contributed by atoms with Crippen molar-refractivity contribution in [2.75, 3.05) is 5.32 Å². The Hall–Kier alpha value is -2.25. The van der Waals surface area contributed by atoms with Crippen molar-refractivity contribution in [2.24, 2.45) is 0 Å².